The summed E-state index contributed by atoms with van der Waals surface area (Å²) in [5.41, 5.74) is 0.961. The molecule has 0 aliphatic carbocycles. The van der Waals surface area contributed by atoms with Crippen LogP contribution in [-0.4, -0.2) is 46.7 Å². The van der Waals surface area contributed by atoms with Crippen LogP contribution in [0.4, 0.5) is 0 Å². The number of methoxy groups -OCH3 is 1. The molecule has 0 aliphatic heterocycles. The van der Waals surface area contributed by atoms with Crippen LogP contribution in [0, 0.1) is 0 Å². The van der Waals surface area contributed by atoms with E-state index in [2.05, 4.69) is 39.2 Å². The topological polar surface area (TPSA) is 64.9 Å². The molecule has 1 aromatic heterocycles. The maximum absolute atomic E-state index is 5.03. The van der Waals surface area contributed by atoms with Crippen LogP contribution >= 0.6 is 11.8 Å². The zero-order chi connectivity index (χ0) is 14.4. The molecule has 108 valence electrons. The number of thioether (sulfide) groups is 1. The molecular formula is C13H19N5OS. The SMILES string of the molecule is COCCNC(C)c1nnnn1-c1ccc(SC)cc1. The zero-order valence-corrected chi connectivity index (χ0v) is 12.7. The Hall–Kier alpha value is -1.44. The van der Waals surface area contributed by atoms with Crippen molar-refractivity contribution < 1.29 is 4.74 Å². The molecule has 0 fully saturated rings. The highest BCUT2D eigenvalue weighted by Gasteiger charge is 2.15. The molecule has 1 N–H and O–H groups in total. The molecule has 0 radical (unpaired) electrons. The van der Waals surface area contributed by atoms with Crippen LogP contribution < -0.4 is 5.32 Å². The van der Waals surface area contributed by atoms with Gasteiger partial charge < -0.3 is 10.1 Å². The fraction of sp³-hybridized carbons (Fsp3) is 0.462. The van der Waals surface area contributed by atoms with Crippen molar-refractivity contribution in [3.63, 3.8) is 0 Å². The largest absolute Gasteiger partial charge is 0.383 e. The summed E-state index contributed by atoms with van der Waals surface area (Å²) in [6.07, 6.45) is 2.05. The highest BCUT2D eigenvalue weighted by Crippen LogP contribution is 2.18. The van der Waals surface area contributed by atoms with E-state index in [-0.39, 0.29) is 6.04 Å². The number of tetrazole rings is 1. The van der Waals surface area contributed by atoms with Crippen molar-refractivity contribution in [3.05, 3.63) is 30.1 Å². The first-order chi connectivity index (χ1) is 9.76. The normalized spacial score (nSPS) is 12.6. The van der Waals surface area contributed by atoms with E-state index < -0.39 is 0 Å². The molecule has 0 aliphatic rings. The predicted octanol–water partition coefficient (Wildman–Crippen LogP) is 1.68. The first kappa shape index (κ1) is 15.0. The summed E-state index contributed by atoms with van der Waals surface area (Å²) in [6, 6.07) is 8.23. The molecule has 2 rings (SSSR count). The van der Waals surface area contributed by atoms with E-state index >= 15 is 0 Å². The summed E-state index contributed by atoms with van der Waals surface area (Å²) in [4.78, 5) is 1.22. The van der Waals surface area contributed by atoms with Gasteiger partial charge in [0.05, 0.1) is 18.3 Å². The number of ether oxygens (including phenoxy) is 1. The third-order valence-electron chi connectivity index (χ3n) is 2.95. The Morgan fingerprint density at radius 1 is 1.35 bits per heavy atom. The second kappa shape index (κ2) is 7.37. The van der Waals surface area contributed by atoms with Crippen molar-refractivity contribution in [3.8, 4) is 5.69 Å². The van der Waals surface area contributed by atoms with Gasteiger partial charge in [-0.1, -0.05) is 0 Å². The molecule has 0 spiro atoms. The molecular weight excluding hydrogens is 274 g/mol. The van der Waals surface area contributed by atoms with Crippen LogP contribution in [0.1, 0.15) is 18.8 Å². The Balaban J connectivity index is 2.14. The molecule has 0 saturated heterocycles. The monoisotopic (exact) mass is 293 g/mol. The van der Waals surface area contributed by atoms with Crippen molar-refractivity contribution in [1.29, 1.82) is 0 Å². The molecule has 1 heterocycles. The number of aromatic nitrogens is 4. The Bertz CT molecular complexity index is 528. The average Bonchev–Trinajstić information content (AvgIpc) is 2.97. The first-order valence-electron chi connectivity index (χ1n) is 6.41. The lowest BCUT2D eigenvalue weighted by molar-refractivity contribution is 0.196. The van der Waals surface area contributed by atoms with Gasteiger partial charge in [0.2, 0.25) is 0 Å². The van der Waals surface area contributed by atoms with Crippen LogP contribution in [0.3, 0.4) is 0 Å². The third kappa shape index (κ3) is 3.56. The van der Waals surface area contributed by atoms with Crippen molar-refractivity contribution in [2.24, 2.45) is 0 Å². The van der Waals surface area contributed by atoms with Crippen LogP contribution in [0.2, 0.25) is 0 Å². The second-order valence-corrected chi connectivity index (χ2v) is 5.20. The second-order valence-electron chi connectivity index (χ2n) is 4.32. The predicted molar refractivity (Wildman–Crippen MR) is 79.2 cm³/mol. The van der Waals surface area contributed by atoms with Crippen molar-refractivity contribution >= 4 is 11.8 Å². The summed E-state index contributed by atoms with van der Waals surface area (Å²) in [6.45, 7) is 3.46. The fourth-order valence-electron chi connectivity index (χ4n) is 1.84. The Morgan fingerprint density at radius 3 is 2.75 bits per heavy atom. The average molecular weight is 293 g/mol. The van der Waals surface area contributed by atoms with Gasteiger partial charge in [0.25, 0.3) is 0 Å². The number of hydrogen-bond donors (Lipinski definition) is 1. The Kier molecular flexibility index (Phi) is 5.51. The van der Waals surface area contributed by atoms with E-state index in [1.54, 1.807) is 23.6 Å². The number of nitrogens with one attached hydrogen (secondary N) is 1. The molecule has 0 saturated carbocycles. The lowest BCUT2D eigenvalue weighted by atomic mass is 10.3. The van der Waals surface area contributed by atoms with E-state index in [0.717, 1.165) is 18.1 Å². The lowest BCUT2D eigenvalue weighted by Crippen LogP contribution is -2.25. The molecule has 0 bridgehead atoms. The van der Waals surface area contributed by atoms with Crippen LogP contribution in [-0.2, 0) is 4.74 Å². The molecule has 2 aromatic rings. The van der Waals surface area contributed by atoms with Gasteiger partial charge in [0.15, 0.2) is 5.82 Å². The number of hydrogen-bond acceptors (Lipinski definition) is 6. The highest BCUT2D eigenvalue weighted by molar-refractivity contribution is 7.98. The van der Waals surface area contributed by atoms with Gasteiger partial charge in [-0.2, -0.15) is 4.68 Å². The van der Waals surface area contributed by atoms with E-state index in [4.69, 9.17) is 4.74 Å². The zero-order valence-electron chi connectivity index (χ0n) is 11.9. The summed E-state index contributed by atoms with van der Waals surface area (Å²) in [7, 11) is 1.68. The number of benzene rings is 1. The molecule has 1 aromatic carbocycles. The van der Waals surface area contributed by atoms with Gasteiger partial charge in [0, 0.05) is 18.6 Å². The van der Waals surface area contributed by atoms with Gasteiger partial charge in [-0.3, -0.25) is 0 Å². The molecule has 1 atom stereocenters. The molecule has 6 nitrogen and oxygen atoms in total. The quantitative estimate of drug-likeness (QED) is 0.619. The number of rotatable bonds is 7. The summed E-state index contributed by atoms with van der Waals surface area (Å²) >= 11 is 1.71. The maximum Gasteiger partial charge on any atom is 0.173 e. The van der Waals surface area contributed by atoms with Crippen LogP contribution in [0.5, 0.6) is 0 Å². The summed E-state index contributed by atoms with van der Waals surface area (Å²) < 4.78 is 6.79. The third-order valence-corrected chi connectivity index (χ3v) is 3.70. The van der Waals surface area contributed by atoms with Crippen LogP contribution in [0.15, 0.2) is 29.2 Å². The van der Waals surface area contributed by atoms with E-state index in [0.29, 0.717) is 6.61 Å². The molecule has 1 unspecified atom stereocenters. The number of nitrogens with zero attached hydrogens (tertiary/aromatic N) is 4. The minimum absolute atomic E-state index is 0.0559. The maximum atomic E-state index is 5.03. The van der Waals surface area contributed by atoms with Crippen molar-refractivity contribution in [1.82, 2.24) is 25.5 Å². The lowest BCUT2D eigenvalue weighted by Gasteiger charge is -2.13. The van der Waals surface area contributed by atoms with Crippen molar-refractivity contribution in [2.45, 2.75) is 17.9 Å². The Labute approximate surface area is 122 Å². The fourth-order valence-corrected chi connectivity index (χ4v) is 2.25. The standard InChI is InChI=1S/C13H19N5OS/c1-10(14-8-9-19-2)13-15-16-17-18(13)11-4-6-12(20-3)7-5-11/h4-7,10,14H,8-9H2,1-3H3. The molecule has 0 amide bonds. The van der Waals surface area contributed by atoms with Gasteiger partial charge in [-0.15, -0.1) is 16.9 Å². The molecule has 20 heavy (non-hydrogen) atoms. The highest BCUT2D eigenvalue weighted by atomic mass is 32.2. The van der Waals surface area contributed by atoms with E-state index in [1.807, 2.05) is 19.1 Å². The summed E-state index contributed by atoms with van der Waals surface area (Å²) in [5.74, 6) is 0.790. The molecule has 7 heteroatoms. The van der Waals surface area contributed by atoms with Gasteiger partial charge in [-0.25, -0.2) is 0 Å². The van der Waals surface area contributed by atoms with Gasteiger partial charge in [-0.05, 0) is 47.9 Å². The summed E-state index contributed by atoms with van der Waals surface area (Å²) in [5, 5.41) is 15.3. The van der Waals surface area contributed by atoms with Crippen molar-refractivity contribution in [2.75, 3.05) is 26.5 Å². The van der Waals surface area contributed by atoms with E-state index in [9.17, 15) is 0 Å². The smallest absolute Gasteiger partial charge is 0.173 e. The minimum Gasteiger partial charge on any atom is -0.383 e. The van der Waals surface area contributed by atoms with Gasteiger partial charge in [0.1, 0.15) is 0 Å². The van der Waals surface area contributed by atoms with Gasteiger partial charge >= 0.3 is 0 Å². The first-order valence-corrected chi connectivity index (χ1v) is 7.63. The Morgan fingerprint density at radius 2 is 2.10 bits per heavy atom. The van der Waals surface area contributed by atoms with E-state index in [1.165, 1.54) is 4.90 Å². The van der Waals surface area contributed by atoms with Crippen LogP contribution in [0.25, 0.3) is 5.69 Å². The minimum atomic E-state index is 0.0559.